The highest BCUT2D eigenvalue weighted by atomic mass is 16.6. The SMILES string of the molecule is CCN(C)C.O=C(OC(=O)c1ccccc1)c1ccccc1. The van der Waals surface area contributed by atoms with Gasteiger partial charge >= 0.3 is 11.9 Å². The van der Waals surface area contributed by atoms with Gasteiger partial charge in [0, 0.05) is 0 Å². The highest BCUT2D eigenvalue weighted by Crippen LogP contribution is 2.05. The first kappa shape index (κ1) is 17.6. The van der Waals surface area contributed by atoms with Crippen molar-refractivity contribution in [3.05, 3.63) is 71.8 Å². The largest absolute Gasteiger partial charge is 0.386 e. The monoisotopic (exact) mass is 299 g/mol. The zero-order valence-corrected chi connectivity index (χ0v) is 13.2. The van der Waals surface area contributed by atoms with Gasteiger partial charge in [0.2, 0.25) is 0 Å². The van der Waals surface area contributed by atoms with Crippen molar-refractivity contribution in [1.29, 1.82) is 0 Å². The van der Waals surface area contributed by atoms with E-state index in [1.54, 1.807) is 60.7 Å². The van der Waals surface area contributed by atoms with Crippen LogP contribution in [0.2, 0.25) is 0 Å². The number of hydrogen-bond acceptors (Lipinski definition) is 4. The van der Waals surface area contributed by atoms with Crippen molar-refractivity contribution in [3.63, 3.8) is 0 Å². The molecule has 2 aromatic rings. The van der Waals surface area contributed by atoms with Crippen molar-refractivity contribution >= 4 is 11.9 Å². The van der Waals surface area contributed by atoms with Crippen molar-refractivity contribution in [2.24, 2.45) is 0 Å². The number of rotatable bonds is 3. The molecule has 0 fully saturated rings. The van der Waals surface area contributed by atoms with Gasteiger partial charge in [0.25, 0.3) is 0 Å². The van der Waals surface area contributed by atoms with Crippen LogP contribution in [0, 0.1) is 0 Å². The maximum atomic E-state index is 11.6. The molecule has 116 valence electrons. The molecule has 2 rings (SSSR count). The Kier molecular flexibility index (Phi) is 7.57. The second-order valence-electron chi connectivity index (χ2n) is 4.80. The van der Waals surface area contributed by atoms with Crippen LogP contribution in [0.4, 0.5) is 0 Å². The number of esters is 2. The Balaban J connectivity index is 0.000000422. The lowest BCUT2D eigenvalue weighted by Gasteiger charge is -2.02. The van der Waals surface area contributed by atoms with Crippen molar-refractivity contribution in [2.75, 3.05) is 20.6 Å². The Bertz CT molecular complexity index is 530. The Morgan fingerprint density at radius 2 is 1.14 bits per heavy atom. The normalized spacial score (nSPS) is 9.64. The van der Waals surface area contributed by atoms with Gasteiger partial charge in [0.1, 0.15) is 0 Å². The fourth-order valence-corrected chi connectivity index (χ4v) is 1.35. The molecule has 0 bridgehead atoms. The van der Waals surface area contributed by atoms with Crippen LogP contribution in [0.25, 0.3) is 0 Å². The molecule has 0 atom stereocenters. The maximum absolute atomic E-state index is 11.6. The van der Waals surface area contributed by atoms with Crippen molar-refractivity contribution in [2.45, 2.75) is 6.92 Å². The smallest absolute Gasteiger partial charge is 0.346 e. The summed E-state index contributed by atoms with van der Waals surface area (Å²) in [6.07, 6.45) is 0. The number of hydrogen-bond donors (Lipinski definition) is 0. The van der Waals surface area contributed by atoms with E-state index in [1.807, 2.05) is 0 Å². The third-order valence-corrected chi connectivity index (χ3v) is 2.84. The second-order valence-corrected chi connectivity index (χ2v) is 4.80. The van der Waals surface area contributed by atoms with E-state index in [4.69, 9.17) is 4.74 Å². The minimum Gasteiger partial charge on any atom is -0.386 e. The zero-order chi connectivity index (χ0) is 16.4. The van der Waals surface area contributed by atoms with Crippen LogP contribution in [0.15, 0.2) is 60.7 Å². The standard InChI is InChI=1S/C14H10O3.C4H11N/c15-13(11-7-3-1-4-8-11)17-14(16)12-9-5-2-6-10-12;1-4-5(2)3/h1-10H;4H2,1-3H3. The Hall–Kier alpha value is -2.46. The Labute approximate surface area is 131 Å². The molecule has 0 aliphatic carbocycles. The predicted octanol–water partition coefficient (Wildman–Crippen LogP) is 3.25. The topological polar surface area (TPSA) is 46.6 Å². The molecule has 0 saturated carbocycles. The van der Waals surface area contributed by atoms with Gasteiger partial charge in [-0.3, -0.25) is 0 Å². The number of carbonyl (C=O) groups excluding carboxylic acids is 2. The summed E-state index contributed by atoms with van der Waals surface area (Å²) < 4.78 is 4.74. The summed E-state index contributed by atoms with van der Waals surface area (Å²) in [5.74, 6) is -1.28. The molecule has 0 spiro atoms. The average Bonchev–Trinajstić information content (AvgIpc) is 2.57. The maximum Gasteiger partial charge on any atom is 0.346 e. The molecule has 0 N–H and O–H groups in total. The molecule has 4 heteroatoms. The van der Waals surface area contributed by atoms with Gasteiger partial charge in [-0.1, -0.05) is 43.3 Å². The van der Waals surface area contributed by atoms with Crippen LogP contribution in [0.5, 0.6) is 0 Å². The Morgan fingerprint density at radius 1 is 0.818 bits per heavy atom. The van der Waals surface area contributed by atoms with Gasteiger partial charge in [-0.05, 0) is 44.9 Å². The summed E-state index contributed by atoms with van der Waals surface area (Å²) in [5.41, 5.74) is 0.716. The lowest BCUT2D eigenvalue weighted by molar-refractivity contribution is 0.0398. The summed E-state index contributed by atoms with van der Waals surface area (Å²) in [6, 6.07) is 16.8. The van der Waals surface area contributed by atoms with E-state index in [9.17, 15) is 9.59 Å². The van der Waals surface area contributed by atoms with Crippen LogP contribution in [-0.4, -0.2) is 37.5 Å². The molecule has 0 heterocycles. The molecule has 0 saturated heterocycles. The highest BCUT2D eigenvalue weighted by Gasteiger charge is 2.13. The summed E-state index contributed by atoms with van der Waals surface area (Å²) >= 11 is 0. The van der Waals surface area contributed by atoms with Crippen molar-refractivity contribution in [1.82, 2.24) is 4.90 Å². The minimum absolute atomic E-state index is 0.358. The van der Waals surface area contributed by atoms with Gasteiger partial charge in [0.05, 0.1) is 11.1 Å². The Morgan fingerprint density at radius 3 is 1.41 bits per heavy atom. The third kappa shape index (κ3) is 6.33. The molecule has 4 nitrogen and oxygen atoms in total. The van der Waals surface area contributed by atoms with Gasteiger partial charge < -0.3 is 9.64 Å². The fourth-order valence-electron chi connectivity index (χ4n) is 1.35. The van der Waals surface area contributed by atoms with E-state index in [0.29, 0.717) is 11.1 Å². The van der Waals surface area contributed by atoms with E-state index in [2.05, 4.69) is 25.9 Å². The molecule has 0 radical (unpaired) electrons. The van der Waals surface area contributed by atoms with E-state index in [-0.39, 0.29) is 0 Å². The van der Waals surface area contributed by atoms with Crippen LogP contribution in [0.1, 0.15) is 27.6 Å². The first-order valence-electron chi connectivity index (χ1n) is 7.06. The van der Waals surface area contributed by atoms with Crippen LogP contribution in [0.3, 0.4) is 0 Å². The van der Waals surface area contributed by atoms with Gasteiger partial charge in [-0.2, -0.15) is 0 Å². The highest BCUT2D eigenvalue weighted by molar-refractivity contribution is 6.02. The van der Waals surface area contributed by atoms with E-state index in [0.717, 1.165) is 6.54 Å². The molecule has 22 heavy (non-hydrogen) atoms. The average molecular weight is 299 g/mol. The molecule has 0 aromatic heterocycles. The summed E-state index contributed by atoms with van der Waals surface area (Å²) in [4.78, 5) is 25.3. The van der Waals surface area contributed by atoms with Crippen LogP contribution in [-0.2, 0) is 4.74 Å². The van der Waals surface area contributed by atoms with Gasteiger partial charge in [-0.25, -0.2) is 9.59 Å². The summed E-state index contributed by atoms with van der Waals surface area (Å²) in [7, 11) is 4.11. The third-order valence-electron chi connectivity index (χ3n) is 2.84. The van der Waals surface area contributed by atoms with Gasteiger partial charge in [0.15, 0.2) is 0 Å². The van der Waals surface area contributed by atoms with Crippen molar-refractivity contribution in [3.8, 4) is 0 Å². The number of carbonyl (C=O) groups is 2. The number of ether oxygens (including phenoxy) is 1. The molecule has 2 aromatic carbocycles. The van der Waals surface area contributed by atoms with Gasteiger partial charge in [-0.15, -0.1) is 0 Å². The molecule has 0 amide bonds. The summed E-state index contributed by atoms with van der Waals surface area (Å²) in [6.45, 7) is 3.26. The minimum atomic E-state index is -0.639. The quantitative estimate of drug-likeness (QED) is 0.645. The second kappa shape index (κ2) is 9.47. The van der Waals surface area contributed by atoms with Crippen molar-refractivity contribution < 1.29 is 14.3 Å². The zero-order valence-electron chi connectivity index (χ0n) is 13.2. The lowest BCUT2D eigenvalue weighted by atomic mass is 10.2. The molecule has 0 aliphatic heterocycles. The summed E-state index contributed by atoms with van der Waals surface area (Å²) in [5, 5.41) is 0. The predicted molar refractivity (Wildman–Crippen MR) is 86.9 cm³/mol. The fraction of sp³-hybridized carbons (Fsp3) is 0.222. The van der Waals surface area contributed by atoms with E-state index >= 15 is 0 Å². The van der Waals surface area contributed by atoms with E-state index in [1.165, 1.54) is 0 Å². The molecule has 0 unspecified atom stereocenters. The molecular weight excluding hydrogens is 278 g/mol. The van der Waals surface area contributed by atoms with Crippen LogP contribution < -0.4 is 0 Å². The molecule has 0 aliphatic rings. The van der Waals surface area contributed by atoms with Crippen LogP contribution >= 0.6 is 0 Å². The molecular formula is C18H21NO3. The lowest BCUT2D eigenvalue weighted by Crippen LogP contribution is -2.12. The number of nitrogens with zero attached hydrogens (tertiary/aromatic N) is 1. The first-order chi connectivity index (χ1) is 10.5. The van der Waals surface area contributed by atoms with E-state index < -0.39 is 11.9 Å². The number of benzene rings is 2. The first-order valence-corrected chi connectivity index (χ1v) is 7.06.